The molecule has 1 saturated heterocycles. The molecule has 2 aromatic rings. The van der Waals surface area contributed by atoms with Crippen LogP contribution in [0.1, 0.15) is 17.7 Å². The average molecular weight is 377 g/mol. The molecule has 0 aliphatic carbocycles. The standard InChI is InChI=1S/C14H14F3N3O4S/c1-13(6-23-7-13)12(21)20(22-2)5-8-3-4-9(25-8)10-18-11(24-19-10)14(15,16)17/h3-4H,5-7H2,1-2H3. The van der Waals surface area contributed by atoms with Crippen molar-refractivity contribution in [3.8, 4) is 10.7 Å². The number of hydrogen-bond donors (Lipinski definition) is 0. The molecule has 0 N–H and O–H groups in total. The number of carbonyl (C=O) groups excluding carboxylic acids is 1. The second-order valence-corrected chi connectivity index (χ2v) is 6.93. The van der Waals surface area contributed by atoms with Gasteiger partial charge in [-0.3, -0.25) is 9.63 Å². The fraction of sp³-hybridized carbons (Fsp3) is 0.500. The van der Waals surface area contributed by atoms with Crippen molar-refractivity contribution in [3.05, 3.63) is 22.9 Å². The van der Waals surface area contributed by atoms with Gasteiger partial charge in [0.25, 0.3) is 5.91 Å². The molecule has 0 saturated carbocycles. The maximum atomic E-state index is 12.5. The Bertz CT molecular complexity index is 769. The van der Waals surface area contributed by atoms with E-state index in [2.05, 4.69) is 14.7 Å². The third-order valence-corrected chi connectivity index (χ3v) is 4.72. The molecule has 0 atom stereocenters. The van der Waals surface area contributed by atoms with Gasteiger partial charge in [-0.1, -0.05) is 5.16 Å². The highest BCUT2D eigenvalue weighted by Gasteiger charge is 2.44. The third kappa shape index (κ3) is 3.53. The summed E-state index contributed by atoms with van der Waals surface area (Å²) in [6.45, 7) is 2.58. The molecule has 0 bridgehead atoms. The summed E-state index contributed by atoms with van der Waals surface area (Å²) >= 11 is 1.15. The Hall–Kier alpha value is -1.98. The van der Waals surface area contributed by atoms with E-state index in [-0.39, 0.29) is 18.3 Å². The van der Waals surface area contributed by atoms with Crippen molar-refractivity contribution in [2.24, 2.45) is 5.41 Å². The van der Waals surface area contributed by atoms with E-state index >= 15 is 0 Å². The van der Waals surface area contributed by atoms with Gasteiger partial charge in [-0.25, -0.2) is 5.06 Å². The van der Waals surface area contributed by atoms with Gasteiger partial charge in [0.2, 0.25) is 5.82 Å². The molecule has 0 aromatic carbocycles. The molecular formula is C14H14F3N3O4S. The summed E-state index contributed by atoms with van der Waals surface area (Å²) in [5, 5.41) is 4.54. The summed E-state index contributed by atoms with van der Waals surface area (Å²) in [4.78, 5) is 22.0. The minimum absolute atomic E-state index is 0.152. The molecule has 1 aliphatic rings. The predicted octanol–water partition coefficient (Wildman–Crippen LogP) is 2.74. The number of nitrogens with zero attached hydrogens (tertiary/aromatic N) is 3. The van der Waals surface area contributed by atoms with Gasteiger partial charge in [0, 0.05) is 4.88 Å². The molecule has 0 unspecified atom stereocenters. The highest BCUT2D eigenvalue weighted by Crippen LogP contribution is 2.33. The quantitative estimate of drug-likeness (QED) is 0.746. The van der Waals surface area contributed by atoms with Gasteiger partial charge in [-0.15, -0.1) is 11.3 Å². The molecule has 7 nitrogen and oxygen atoms in total. The first-order chi connectivity index (χ1) is 11.7. The van der Waals surface area contributed by atoms with Crippen LogP contribution in [0.2, 0.25) is 0 Å². The van der Waals surface area contributed by atoms with Crippen LogP contribution in [0.15, 0.2) is 16.7 Å². The third-order valence-electron chi connectivity index (χ3n) is 3.65. The van der Waals surface area contributed by atoms with Gasteiger partial charge >= 0.3 is 12.1 Å². The van der Waals surface area contributed by atoms with Crippen LogP contribution in [0.3, 0.4) is 0 Å². The summed E-state index contributed by atoms with van der Waals surface area (Å²) in [6, 6.07) is 3.24. The number of carbonyl (C=O) groups is 1. The molecule has 3 heterocycles. The fourth-order valence-corrected chi connectivity index (χ4v) is 3.13. The maximum absolute atomic E-state index is 12.5. The smallest absolute Gasteiger partial charge is 0.379 e. The molecule has 25 heavy (non-hydrogen) atoms. The molecule has 3 rings (SSSR count). The summed E-state index contributed by atoms with van der Waals surface area (Å²) in [5.41, 5.74) is -0.620. The Morgan fingerprint density at radius 3 is 2.68 bits per heavy atom. The van der Waals surface area contributed by atoms with Gasteiger partial charge in [-0.2, -0.15) is 18.2 Å². The van der Waals surface area contributed by atoms with E-state index in [0.29, 0.717) is 23.0 Å². The molecule has 1 amide bonds. The largest absolute Gasteiger partial charge is 0.471 e. The Balaban J connectivity index is 1.72. The zero-order chi connectivity index (χ0) is 18.2. The minimum Gasteiger partial charge on any atom is -0.379 e. The first kappa shape index (κ1) is 17.8. The van der Waals surface area contributed by atoms with E-state index in [1.165, 1.54) is 12.2 Å². The average Bonchev–Trinajstić information content (AvgIpc) is 3.17. The van der Waals surface area contributed by atoms with Crippen LogP contribution in [0.4, 0.5) is 13.2 Å². The highest BCUT2D eigenvalue weighted by atomic mass is 32.1. The van der Waals surface area contributed by atoms with Gasteiger partial charge in [0.15, 0.2) is 0 Å². The number of ether oxygens (including phenoxy) is 1. The van der Waals surface area contributed by atoms with Crippen LogP contribution < -0.4 is 0 Å². The van der Waals surface area contributed by atoms with E-state index < -0.39 is 17.5 Å². The van der Waals surface area contributed by atoms with Gasteiger partial charge < -0.3 is 9.26 Å². The van der Waals surface area contributed by atoms with Crippen LogP contribution in [0, 0.1) is 5.41 Å². The topological polar surface area (TPSA) is 77.7 Å². The van der Waals surface area contributed by atoms with Crippen LogP contribution >= 0.6 is 11.3 Å². The van der Waals surface area contributed by atoms with Crippen molar-refractivity contribution in [1.82, 2.24) is 15.2 Å². The fourth-order valence-electron chi connectivity index (χ4n) is 2.22. The number of amides is 1. The predicted molar refractivity (Wildman–Crippen MR) is 79.1 cm³/mol. The number of hydrogen-bond acceptors (Lipinski definition) is 7. The summed E-state index contributed by atoms with van der Waals surface area (Å²) < 4.78 is 46.8. The van der Waals surface area contributed by atoms with Gasteiger partial charge in [0.05, 0.1) is 37.2 Å². The van der Waals surface area contributed by atoms with E-state index in [1.807, 2.05) is 0 Å². The van der Waals surface area contributed by atoms with Crippen molar-refractivity contribution < 1.29 is 32.1 Å². The van der Waals surface area contributed by atoms with E-state index in [1.54, 1.807) is 19.1 Å². The zero-order valence-corrected chi connectivity index (χ0v) is 14.1. The lowest BCUT2D eigenvalue weighted by atomic mass is 9.87. The second kappa shape index (κ2) is 6.39. The highest BCUT2D eigenvalue weighted by molar-refractivity contribution is 7.15. The first-order valence-corrected chi connectivity index (χ1v) is 7.98. The number of alkyl halides is 3. The van der Waals surface area contributed by atoms with E-state index in [4.69, 9.17) is 9.57 Å². The number of rotatable bonds is 5. The molecule has 136 valence electrons. The monoisotopic (exact) mass is 377 g/mol. The van der Waals surface area contributed by atoms with Gasteiger partial charge in [0.1, 0.15) is 0 Å². The molecular weight excluding hydrogens is 363 g/mol. The lowest BCUT2D eigenvalue weighted by Crippen LogP contribution is -2.52. The Labute approximate surface area is 144 Å². The van der Waals surface area contributed by atoms with Crippen LogP contribution in [0.25, 0.3) is 10.7 Å². The Morgan fingerprint density at radius 1 is 1.44 bits per heavy atom. The number of hydroxylamine groups is 2. The summed E-state index contributed by atoms with van der Waals surface area (Å²) in [6.07, 6.45) is -4.69. The van der Waals surface area contributed by atoms with Crippen LogP contribution in [-0.2, 0) is 27.1 Å². The Kier molecular flexibility index (Phi) is 4.56. The van der Waals surface area contributed by atoms with Crippen molar-refractivity contribution in [1.29, 1.82) is 0 Å². The summed E-state index contributed by atoms with van der Waals surface area (Å²) in [5.74, 6) is -1.77. The number of thiophene rings is 1. The molecule has 0 spiro atoms. The molecule has 2 aromatic heterocycles. The summed E-state index contributed by atoms with van der Waals surface area (Å²) in [7, 11) is 1.38. The minimum atomic E-state index is -4.69. The maximum Gasteiger partial charge on any atom is 0.471 e. The molecule has 11 heteroatoms. The van der Waals surface area contributed by atoms with Crippen molar-refractivity contribution in [3.63, 3.8) is 0 Å². The Morgan fingerprint density at radius 2 is 2.16 bits per heavy atom. The number of aromatic nitrogens is 2. The van der Waals surface area contributed by atoms with Crippen LogP contribution in [0.5, 0.6) is 0 Å². The lowest BCUT2D eigenvalue weighted by Gasteiger charge is -2.39. The first-order valence-electron chi connectivity index (χ1n) is 7.17. The van der Waals surface area contributed by atoms with Crippen molar-refractivity contribution >= 4 is 17.2 Å². The molecule has 1 fully saturated rings. The SMILES string of the molecule is CON(Cc1ccc(-c2noc(C(F)(F)F)n2)s1)C(=O)C1(C)COC1. The van der Waals surface area contributed by atoms with Crippen LogP contribution in [-0.4, -0.2) is 41.4 Å². The molecule has 0 radical (unpaired) electrons. The molecule has 1 aliphatic heterocycles. The van der Waals surface area contributed by atoms with Crippen molar-refractivity contribution in [2.45, 2.75) is 19.6 Å². The number of halogens is 3. The lowest BCUT2D eigenvalue weighted by molar-refractivity contribution is -0.210. The van der Waals surface area contributed by atoms with Crippen molar-refractivity contribution in [2.75, 3.05) is 20.3 Å². The zero-order valence-electron chi connectivity index (χ0n) is 13.3. The van der Waals surface area contributed by atoms with E-state index in [9.17, 15) is 18.0 Å². The van der Waals surface area contributed by atoms with Gasteiger partial charge in [-0.05, 0) is 19.1 Å². The van der Waals surface area contributed by atoms with E-state index in [0.717, 1.165) is 11.3 Å². The normalized spacial score (nSPS) is 16.5. The second-order valence-electron chi connectivity index (χ2n) is 5.76.